The molecular weight excluding hydrogens is 461 g/mol. The van der Waals surface area contributed by atoms with Crippen molar-refractivity contribution in [3.63, 3.8) is 0 Å². The van der Waals surface area contributed by atoms with Gasteiger partial charge >= 0.3 is 0 Å². The summed E-state index contributed by atoms with van der Waals surface area (Å²) < 4.78 is 15.5. The fourth-order valence-electron chi connectivity index (χ4n) is 5.87. The van der Waals surface area contributed by atoms with Gasteiger partial charge in [-0.1, -0.05) is 6.07 Å². The number of pyridine rings is 1. The maximum absolute atomic E-state index is 14.0. The Morgan fingerprint density at radius 1 is 1.25 bits per heavy atom. The molecule has 0 spiro atoms. The van der Waals surface area contributed by atoms with Crippen LogP contribution in [0.5, 0.6) is 0 Å². The quantitative estimate of drug-likeness (QED) is 0.587. The van der Waals surface area contributed by atoms with E-state index in [4.69, 9.17) is 0 Å². The van der Waals surface area contributed by atoms with Gasteiger partial charge in [-0.3, -0.25) is 9.69 Å². The standard InChI is InChI=1S/C25H26FN9O/c1-15-18(4-5-22(26)20(15)9-27)23-13-33-6-7-34(12-17(33)10-28-23)25(36)19-3-2-16-8-24(29-11-21(16)19)35-14-30-31-32-35/h4-5,8,11,14,17,19,23,28H,2-3,6-7,10,12-13H2,1H3/t17-,19?,23-/m1/s1. The molecule has 10 nitrogen and oxygen atoms in total. The number of hydrogen-bond donors (Lipinski definition) is 1. The summed E-state index contributed by atoms with van der Waals surface area (Å²) in [5, 5.41) is 24.1. The van der Waals surface area contributed by atoms with Gasteiger partial charge in [-0.05, 0) is 64.6 Å². The first kappa shape index (κ1) is 22.7. The molecule has 1 aromatic carbocycles. The van der Waals surface area contributed by atoms with Crippen LogP contribution in [-0.4, -0.2) is 79.7 Å². The van der Waals surface area contributed by atoms with Crippen LogP contribution in [-0.2, 0) is 11.2 Å². The predicted molar refractivity (Wildman–Crippen MR) is 127 cm³/mol. The lowest BCUT2D eigenvalue weighted by Crippen LogP contribution is -2.63. The Bertz CT molecular complexity index is 1350. The molecule has 2 aromatic heterocycles. The number of halogens is 1. The SMILES string of the molecule is Cc1c([C@H]2CN3CCN(C(=O)C4CCc5cc(-n6cnnn6)ncc54)C[C@H]3CN2)ccc(F)c1C#N. The molecule has 1 N–H and O–H groups in total. The first-order chi connectivity index (χ1) is 17.5. The molecule has 4 heterocycles. The summed E-state index contributed by atoms with van der Waals surface area (Å²) >= 11 is 0. The second-order valence-electron chi connectivity index (χ2n) is 9.73. The van der Waals surface area contributed by atoms with Crippen molar-refractivity contribution in [3.8, 4) is 11.9 Å². The number of piperazine rings is 2. The number of aromatic nitrogens is 5. The molecule has 2 aliphatic heterocycles. The van der Waals surface area contributed by atoms with Gasteiger partial charge in [-0.15, -0.1) is 5.10 Å². The third-order valence-electron chi connectivity index (χ3n) is 7.85. The smallest absolute Gasteiger partial charge is 0.230 e. The van der Waals surface area contributed by atoms with Crippen LogP contribution in [0.25, 0.3) is 5.82 Å². The number of carbonyl (C=O) groups excluding carboxylic acids is 1. The minimum Gasteiger partial charge on any atom is -0.339 e. The molecule has 11 heteroatoms. The Morgan fingerprint density at radius 2 is 2.14 bits per heavy atom. The maximum atomic E-state index is 14.0. The van der Waals surface area contributed by atoms with Crippen LogP contribution in [0.15, 0.2) is 30.7 Å². The zero-order valence-corrected chi connectivity index (χ0v) is 19.9. The molecule has 1 unspecified atom stereocenters. The van der Waals surface area contributed by atoms with Gasteiger partial charge in [0, 0.05) is 51.0 Å². The van der Waals surface area contributed by atoms with E-state index < -0.39 is 5.82 Å². The number of nitrogens with one attached hydrogen (secondary N) is 1. The van der Waals surface area contributed by atoms with Gasteiger partial charge in [0.25, 0.3) is 0 Å². The first-order valence-corrected chi connectivity index (χ1v) is 12.2. The lowest BCUT2D eigenvalue weighted by molar-refractivity contribution is -0.136. The Morgan fingerprint density at radius 3 is 2.94 bits per heavy atom. The maximum Gasteiger partial charge on any atom is 0.230 e. The molecule has 0 saturated carbocycles. The number of nitriles is 1. The summed E-state index contributed by atoms with van der Waals surface area (Å²) in [6.07, 6.45) is 4.92. The number of hydrogen-bond acceptors (Lipinski definition) is 8. The molecule has 1 aliphatic carbocycles. The van der Waals surface area contributed by atoms with Crippen LogP contribution in [0.4, 0.5) is 4.39 Å². The Hall–Kier alpha value is -3.75. The lowest BCUT2D eigenvalue weighted by Gasteiger charge is -2.47. The fraction of sp³-hybridized carbons (Fsp3) is 0.440. The Balaban J connectivity index is 1.12. The number of aryl methyl sites for hydroxylation is 1. The topological polar surface area (TPSA) is 116 Å². The Kier molecular flexibility index (Phi) is 5.70. The molecule has 0 bridgehead atoms. The van der Waals surface area contributed by atoms with Crippen molar-refractivity contribution in [2.24, 2.45) is 0 Å². The molecule has 1 amide bonds. The van der Waals surface area contributed by atoms with Crippen molar-refractivity contribution < 1.29 is 9.18 Å². The third-order valence-corrected chi connectivity index (χ3v) is 7.85. The van der Waals surface area contributed by atoms with E-state index in [-0.39, 0.29) is 29.5 Å². The van der Waals surface area contributed by atoms with Gasteiger partial charge in [0.2, 0.25) is 5.91 Å². The first-order valence-electron chi connectivity index (χ1n) is 12.2. The van der Waals surface area contributed by atoms with E-state index in [1.165, 1.54) is 17.1 Å². The van der Waals surface area contributed by atoms with Crippen molar-refractivity contribution >= 4 is 5.91 Å². The summed E-state index contributed by atoms with van der Waals surface area (Å²) in [5.41, 5.74) is 3.89. The van der Waals surface area contributed by atoms with Crippen LogP contribution in [0.1, 0.15) is 46.2 Å². The molecule has 6 rings (SSSR count). The van der Waals surface area contributed by atoms with Gasteiger partial charge in [0.1, 0.15) is 18.2 Å². The van der Waals surface area contributed by atoms with Crippen molar-refractivity contribution in [2.75, 3.05) is 32.7 Å². The van der Waals surface area contributed by atoms with E-state index in [2.05, 4.69) is 30.7 Å². The average molecular weight is 488 g/mol. The highest BCUT2D eigenvalue weighted by molar-refractivity contribution is 5.85. The van der Waals surface area contributed by atoms with E-state index in [0.717, 1.165) is 49.2 Å². The van der Waals surface area contributed by atoms with Gasteiger partial charge < -0.3 is 10.2 Å². The predicted octanol–water partition coefficient (Wildman–Crippen LogP) is 1.26. The van der Waals surface area contributed by atoms with Crippen LogP contribution in [0, 0.1) is 24.1 Å². The van der Waals surface area contributed by atoms with E-state index in [1.54, 1.807) is 19.2 Å². The zero-order chi connectivity index (χ0) is 24.8. The van der Waals surface area contributed by atoms with Gasteiger partial charge in [-0.2, -0.15) is 9.94 Å². The number of benzene rings is 1. The third kappa shape index (κ3) is 3.83. The highest BCUT2D eigenvalue weighted by atomic mass is 19.1. The second-order valence-corrected chi connectivity index (χ2v) is 9.73. The largest absolute Gasteiger partial charge is 0.339 e. The number of tetrazole rings is 1. The minimum atomic E-state index is -0.477. The number of nitrogens with zero attached hydrogens (tertiary/aromatic N) is 8. The van der Waals surface area contributed by atoms with Gasteiger partial charge in [0.05, 0.1) is 11.5 Å². The van der Waals surface area contributed by atoms with Crippen molar-refractivity contribution in [1.82, 2.24) is 40.3 Å². The average Bonchev–Trinajstić information content (AvgIpc) is 3.58. The summed E-state index contributed by atoms with van der Waals surface area (Å²) in [6.45, 7) is 5.44. The number of fused-ring (bicyclic) bond motifs is 2. The van der Waals surface area contributed by atoms with Crippen LogP contribution >= 0.6 is 0 Å². The molecule has 3 aromatic rings. The summed E-state index contributed by atoms with van der Waals surface area (Å²) in [5.74, 6) is 0.175. The molecule has 2 saturated heterocycles. The highest BCUT2D eigenvalue weighted by Gasteiger charge is 2.39. The number of rotatable bonds is 3. The number of carbonyl (C=O) groups is 1. The summed E-state index contributed by atoms with van der Waals surface area (Å²) in [6, 6.07) is 7.36. The number of amides is 1. The molecule has 0 radical (unpaired) electrons. The van der Waals surface area contributed by atoms with E-state index >= 15 is 0 Å². The molecule has 36 heavy (non-hydrogen) atoms. The zero-order valence-electron chi connectivity index (χ0n) is 19.9. The van der Waals surface area contributed by atoms with Crippen molar-refractivity contribution in [1.29, 1.82) is 5.26 Å². The molecule has 184 valence electrons. The monoisotopic (exact) mass is 487 g/mol. The van der Waals surface area contributed by atoms with Crippen molar-refractivity contribution in [3.05, 3.63) is 64.4 Å². The fourth-order valence-corrected chi connectivity index (χ4v) is 5.87. The van der Waals surface area contributed by atoms with Gasteiger partial charge in [0.15, 0.2) is 5.82 Å². The van der Waals surface area contributed by atoms with Gasteiger partial charge in [-0.25, -0.2) is 9.37 Å². The van der Waals surface area contributed by atoms with Crippen molar-refractivity contribution in [2.45, 2.75) is 37.8 Å². The van der Waals surface area contributed by atoms with Crippen LogP contribution in [0.2, 0.25) is 0 Å². The van der Waals surface area contributed by atoms with Crippen LogP contribution < -0.4 is 5.32 Å². The summed E-state index contributed by atoms with van der Waals surface area (Å²) in [4.78, 5) is 22.4. The molecular formula is C25H26FN9O. The molecule has 3 aliphatic rings. The highest BCUT2D eigenvalue weighted by Crippen LogP contribution is 2.36. The molecule has 3 atom stereocenters. The second kappa shape index (κ2) is 9.04. The lowest BCUT2D eigenvalue weighted by atomic mass is 9.93. The van der Waals surface area contributed by atoms with E-state index in [9.17, 15) is 14.4 Å². The van der Waals surface area contributed by atoms with E-state index in [0.29, 0.717) is 24.5 Å². The van der Waals surface area contributed by atoms with E-state index in [1.807, 2.05) is 17.0 Å². The van der Waals surface area contributed by atoms with Crippen LogP contribution in [0.3, 0.4) is 0 Å². The summed E-state index contributed by atoms with van der Waals surface area (Å²) in [7, 11) is 0. The Labute approximate surface area is 207 Å². The normalized spacial score (nSPS) is 23.7. The molecule has 2 fully saturated rings. The minimum absolute atomic E-state index is 0.0263.